The van der Waals surface area contributed by atoms with E-state index >= 15 is 0 Å². The summed E-state index contributed by atoms with van der Waals surface area (Å²) in [6, 6.07) is 3.81. The highest BCUT2D eigenvalue weighted by Crippen LogP contribution is 2.10. The zero-order valence-corrected chi connectivity index (χ0v) is 10.9. The van der Waals surface area contributed by atoms with Gasteiger partial charge in [0, 0.05) is 31.5 Å². The minimum Gasteiger partial charge on any atom is -0.305 e. The Bertz CT molecular complexity index is 518. The second kappa shape index (κ2) is 5.92. The van der Waals surface area contributed by atoms with E-state index in [-0.39, 0.29) is 0 Å². The van der Waals surface area contributed by atoms with E-state index in [1.54, 1.807) is 12.3 Å². The van der Waals surface area contributed by atoms with Gasteiger partial charge in [0.2, 0.25) is 0 Å². The maximum atomic E-state index is 12.3. The average molecular weight is 269 g/mol. The molecule has 19 heavy (non-hydrogen) atoms. The van der Waals surface area contributed by atoms with E-state index in [2.05, 4.69) is 29.4 Å². The standard InChI is InChI=1S/C12H17F2N5/c1-9(2)19-11(3-5-16-19)8-15-7-10-4-6-18(17-10)12(13)14/h3-6,9,12,15H,7-8H2,1-2H3. The number of hydrogen-bond acceptors (Lipinski definition) is 3. The Kier molecular flexibility index (Phi) is 4.26. The summed E-state index contributed by atoms with van der Waals surface area (Å²) < 4.78 is 27.2. The molecule has 5 nitrogen and oxygen atoms in total. The van der Waals surface area contributed by atoms with Gasteiger partial charge < -0.3 is 5.32 Å². The van der Waals surface area contributed by atoms with E-state index in [4.69, 9.17) is 0 Å². The van der Waals surface area contributed by atoms with Crippen LogP contribution in [0, 0.1) is 0 Å². The molecule has 0 bridgehead atoms. The molecule has 2 aromatic rings. The molecule has 0 saturated carbocycles. The first-order valence-electron chi connectivity index (χ1n) is 6.13. The Labute approximate surface area is 110 Å². The Morgan fingerprint density at radius 3 is 2.68 bits per heavy atom. The van der Waals surface area contributed by atoms with Crippen LogP contribution < -0.4 is 5.32 Å². The van der Waals surface area contributed by atoms with Crippen molar-refractivity contribution in [2.24, 2.45) is 0 Å². The van der Waals surface area contributed by atoms with Crippen LogP contribution in [0.5, 0.6) is 0 Å². The van der Waals surface area contributed by atoms with Crippen LogP contribution in [-0.4, -0.2) is 19.6 Å². The van der Waals surface area contributed by atoms with Gasteiger partial charge in [-0.15, -0.1) is 0 Å². The minimum atomic E-state index is -2.59. The second-order valence-electron chi connectivity index (χ2n) is 4.53. The van der Waals surface area contributed by atoms with Crippen LogP contribution in [0.1, 0.15) is 37.8 Å². The maximum absolute atomic E-state index is 12.3. The third kappa shape index (κ3) is 3.37. The smallest absolute Gasteiger partial charge is 0.305 e. The van der Waals surface area contributed by atoms with Crippen molar-refractivity contribution in [1.82, 2.24) is 24.9 Å². The minimum absolute atomic E-state index is 0.296. The van der Waals surface area contributed by atoms with Crippen LogP contribution in [-0.2, 0) is 13.1 Å². The Morgan fingerprint density at radius 1 is 1.26 bits per heavy atom. The highest BCUT2D eigenvalue weighted by atomic mass is 19.3. The van der Waals surface area contributed by atoms with Crippen LogP contribution in [0.25, 0.3) is 0 Å². The number of aromatic nitrogens is 4. The van der Waals surface area contributed by atoms with Gasteiger partial charge in [-0.05, 0) is 26.0 Å². The van der Waals surface area contributed by atoms with Crippen LogP contribution in [0.3, 0.4) is 0 Å². The van der Waals surface area contributed by atoms with E-state index in [0.717, 1.165) is 5.69 Å². The molecule has 2 rings (SSSR count). The first-order chi connectivity index (χ1) is 9.08. The molecule has 0 unspecified atom stereocenters. The Balaban J connectivity index is 1.87. The molecule has 0 aliphatic heterocycles. The number of halogens is 2. The lowest BCUT2D eigenvalue weighted by atomic mass is 10.3. The zero-order chi connectivity index (χ0) is 13.8. The van der Waals surface area contributed by atoms with Crippen molar-refractivity contribution < 1.29 is 8.78 Å². The summed E-state index contributed by atoms with van der Waals surface area (Å²) >= 11 is 0. The number of nitrogens with zero attached hydrogens (tertiary/aromatic N) is 4. The molecule has 0 saturated heterocycles. The summed E-state index contributed by atoms with van der Waals surface area (Å²) in [6.45, 7) is 2.60. The van der Waals surface area contributed by atoms with Gasteiger partial charge in [-0.1, -0.05) is 0 Å². The lowest BCUT2D eigenvalue weighted by Crippen LogP contribution is -2.17. The molecule has 0 fully saturated rings. The Hall–Kier alpha value is -1.76. The summed E-state index contributed by atoms with van der Waals surface area (Å²) in [5.41, 5.74) is 1.65. The van der Waals surface area contributed by atoms with Crippen molar-refractivity contribution in [1.29, 1.82) is 0 Å². The topological polar surface area (TPSA) is 47.7 Å². The van der Waals surface area contributed by atoms with Crippen molar-refractivity contribution in [3.05, 3.63) is 35.9 Å². The third-order valence-corrected chi connectivity index (χ3v) is 2.72. The van der Waals surface area contributed by atoms with Gasteiger partial charge in [-0.2, -0.15) is 19.0 Å². The number of alkyl halides is 2. The molecule has 0 spiro atoms. The van der Waals surface area contributed by atoms with Gasteiger partial charge in [0.05, 0.1) is 11.4 Å². The molecule has 0 amide bonds. The highest BCUT2D eigenvalue weighted by Gasteiger charge is 2.08. The lowest BCUT2D eigenvalue weighted by molar-refractivity contribution is 0.0561. The first kappa shape index (κ1) is 13.7. The highest BCUT2D eigenvalue weighted by molar-refractivity contribution is 5.03. The summed E-state index contributed by atoms with van der Waals surface area (Å²) in [4.78, 5) is 0. The lowest BCUT2D eigenvalue weighted by Gasteiger charge is -2.11. The molecule has 0 aliphatic rings. The average Bonchev–Trinajstić information content (AvgIpc) is 2.97. The van der Waals surface area contributed by atoms with E-state index < -0.39 is 6.55 Å². The predicted octanol–water partition coefficient (Wildman–Crippen LogP) is 2.35. The summed E-state index contributed by atoms with van der Waals surface area (Å²) in [7, 11) is 0. The normalized spacial score (nSPS) is 11.7. The molecule has 2 heterocycles. The number of rotatable bonds is 6. The molecular formula is C12H17F2N5. The molecule has 104 valence electrons. The van der Waals surface area contributed by atoms with Crippen molar-refractivity contribution in [3.63, 3.8) is 0 Å². The van der Waals surface area contributed by atoms with Gasteiger partial charge in [0.15, 0.2) is 0 Å². The molecule has 0 atom stereocenters. The summed E-state index contributed by atoms with van der Waals surface area (Å²) in [6.07, 6.45) is 3.03. The first-order valence-corrected chi connectivity index (χ1v) is 6.13. The maximum Gasteiger partial charge on any atom is 0.333 e. The fourth-order valence-corrected chi connectivity index (χ4v) is 1.85. The zero-order valence-electron chi connectivity index (χ0n) is 10.9. The molecular weight excluding hydrogens is 252 g/mol. The SMILES string of the molecule is CC(C)n1nccc1CNCc1ccn(C(F)F)n1. The monoisotopic (exact) mass is 269 g/mol. The predicted molar refractivity (Wildman–Crippen MR) is 66.6 cm³/mol. The largest absolute Gasteiger partial charge is 0.333 e. The van der Waals surface area contributed by atoms with Gasteiger partial charge >= 0.3 is 6.55 Å². The van der Waals surface area contributed by atoms with Gasteiger partial charge in [-0.3, -0.25) is 4.68 Å². The molecule has 0 radical (unpaired) electrons. The van der Waals surface area contributed by atoms with Crippen LogP contribution >= 0.6 is 0 Å². The van der Waals surface area contributed by atoms with Crippen molar-refractivity contribution in [3.8, 4) is 0 Å². The van der Waals surface area contributed by atoms with E-state index in [9.17, 15) is 8.78 Å². The molecule has 2 aromatic heterocycles. The van der Waals surface area contributed by atoms with Gasteiger partial charge in [-0.25, -0.2) is 4.68 Å². The quantitative estimate of drug-likeness (QED) is 0.875. The van der Waals surface area contributed by atoms with E-state index in [0.29, 0.717) is 29.5 Å². The second-order valence-corrected chi connectivity index (χ2v) is 4.53. The van der Waals surface area contributed by atoms with Gasteiger partial charge in [0.1, 0.15) is 0 Å². The summed E-state index contributed by atoms with van der Waals surface area (Å²) in [5, 5.41) is 11.2. The molecule has 0 aromatic carbocycles. The molecule has 1 N–H and O–H groups in total. The fourth-order valence-electron chi connectivity index (χ4n) is 1.85. The summed E-state index contributed by atoms with van der Waals surface area (Å²) in [5.74, 6) is 0. The number of nitrogens with one attached hydrogen (secondary N) is 1. The Morgan fingerprint density at radius 2 is 2.05 bits per heavy atom. The van der Waals surface area contributed by atoms with Crippen LogP contribution in [0.15, 0.2) is 24.5 Å². The van der Waals surface area contributed by atoms with E-state index in [1.165, 1.54) is 6.20 Å². The third-order valence-electron chi connectivity index (χ3n) is 2.72. The molecule has 0 aliphatic carbocycles. The number of hydrogen-bond donors (Lipinski definition) is 1. The van der Waals surface area contributed by atoms with Crippen molar-refractivity contribution in [2.45, 2.75) is 39.5 Å². The van der Waals surface area contributed by atoms with Gasteiger partial charge in [0.25, 0.3) is 0 Å². The van der Waals surface area contributed by atoms with E-state index in [1.807, 2.05) is 10.7 Å². The fraction of sp³-hybridized carbons (Fsp3) is 0.500. The van der Waals surface area contributed by atoms with Crippen molar-refractivity contribution >= 4 is 0 Å². The van der Waals surface area contributed by atoms with Crippen molar-refractivity contribution in [2.75, 3.05) is 0 Å². The molecule has 7 heteroatoms. The van der Waals surface area contributed by atoms with Crippen LogP contribution in [0.2, 0.25) is 0 Å². The van der Waals surface area contributed by atoms with Crippen LogP contribution in [0.4, 0.5) is 8.78 Å².